The summed E-state index contributed by atoms with van der Waals surface area (Å²) in [4.78, 5) is 41.7. The number of aliphatic hydroxyl groups is 1. The summed E-state index contributed by atoms with van der Waals surface area (Å²) in [5.41, 5.74) is 1.89. The molecule has 0 radical (unpaired) electrons. The van der Waals surface area contributed by atoms with Crippen molar-refractivity contribution in [2.45, 2.75) is 76.0 Å². The Morgan fingerprint density at radius 2 is 1.69 bits per heavy atom. The molecule has 2 saturated heterocycles. The SMILES string of the molecule is CC(C)(O)c1cc2nn(C3CCC(N4CCN(c5cc(F)c([C@H]6CCC(=O)NC6=O)c(F)c5)CC4)CC3)cc2cc1NC(=O)c1ccc2cc(C#N)cnn12. The zero-order chi connectivity index (χ0) is 38.6. The number of hydrogen-bond donors (Lipinski definition) is 3. The lowest BCUT2D eigenvalue weighted by Gasteiger charge is -2.42. The Labute approximate surface area is 315 Å². The van der Waals surface area contributed by atoms with E-state index in [1.165, 1.54) is 22.8 Å². The lowest BCUT2D eigenvalue weighted by molar-refractivity contribution is -0.134. The van der Waals surface area contributed by atoms with E-state index >= 15 is 8.78 Å². The van der Waals surface area contributed by atoms with Gasteiger partial charge in [-0.25, -0.2) is 13.3 Å². The largest absolute Gasteiger partial charge is 0.386 e. The summed E-state index contributed by atoms with van der Waals surface area (Å²) in [5.74, 6) is -4.07. The fraction of sp³-hybridized carbons (Fsp3) is 0.400. The lowest BCUT2D eigenvalue weighted by Crippen LogP contribution is -2.51. The number of benzene rings is 2. The van der Waals surface area contributed by atoms with E-state index in [1.54, 1.807) is 32.0 Å². The quantitative estimate of drug-likeness (QED) is 0.192. The maximum absolute atomic E-state index is 15.2. The third-order valence-electron chi connectivity index (χ3n) is 11.3. The Bertz CT molecular complexity index is 2350. The molecular formula is C40H41F2N9O4. The molecule has 5 aromatic rings. The van der Waals surface area contributed by atoms with E-state index in [2.05, 4.69) is 26.7 Å². The van der Waals surface area contributed by atoms with Crippen LogP contribution in [0.4, 0.5) is 20.2 Å². The van der Waals surface area contributed by atoms with Crippen molar-refractivity contribution in [3.63, 3.8) is 0 Å². The summed E-state index contributed by atoms with van der Waals surface area (Å²) < 4.78 is 33.9. The molecule has 13 nitrogen and oxygen atoms in total. The Kier molecular flexibility index (Phi) is 9.34. The zero-order valence-corrected chi connectivity index (χ0v) is 30.6. The molecule has 2 aromatic carbocycles. The van der Waals surface area contributed by atoms with Crippen LogP contribution < -0.4 is 15.5 Å². The van der Waals surface area contributed by atoms with Gasteiger partial charge in [0.25, 0.3) is 5.91 Å². The lowest BCUT2D eigenvalue weighted by atomic mass is 9.89. The van der Waals surface area contributed by atoms with Crippen molar-refractivity contribution in [2.75, 3.05) is 36.4 Å². The van der Waals surface area contributed by atoms with Crippen molar-refractivity contribution in [3.05, 3.63) is 88.9 Å². The van der Waals surface area contributed by atoms with Gasteiger partial charge in [0, 0.05) is 72.7 Å². The van der Waals surface area contributed by atoms with E-state index in [0.29, 0.717) is 58.4 Å². The first kappa shape index (κ1) is 36.3. The van der Waals surface area contributed by atoms with Crippen LogP contribution in [0.25, 0.3) is 16.4 Å². The molecule has 1 saturated carbocycles. The van der Waals surface area contributed by atoms with Crippen LogP contribution in [0, 0.1) is 23.0 Å². The van der Waals surface area contributed by atoms with E-state index in [4.69, 9.17) is 5.10 Å². The minimum atomic E-state index is -1.27. The van der Waals surface area contributed by atoms with E-state index in [9.17, 15) is 24.8 Å². The molecule has 284 valence electrons. The van der Waals surface area contributed by atoms with Crippen molar-refractivity contribution in [1.82, 2.24) is 29.6 Å². The number of carbonyl (C=O) groups is 3. The Morgan fingerprint density at radius 1 is 0.982 bits per heavy atom. The molecular weight excluding hydrogens is 708 g/mol. The molecule has 0 unspecified atom stereocenters. The number of hydrogen-bond acceptors (Lipinski definition) is 9. The predicted octanol–water partition coefficient (Wildman–Crippen LogP) is 5.14. The molecule has 5 heterocycles. The summed E-state index contributed by atoms with van der Waals surface area (Å²) in [7, 11) is 0. The van der Waals surface area contributed by atoms with Crippen LogP contribution in [-0.2, 0) is 15.2 Å². The average Bonchev–Trinajstić information content (AvgIpc) is 3.79. The van der Waals surface area contributed by atoms with E-state index in [1.807, 2.05) is 27.9 Å². The van der Waals surface area contributed by atoms with E-state index in [-0.39, 0.29) is 24.4 Å². The fourth-order valence-electron chi connectivity index (χ4n) is 8.39. The maximum atomic E-state index is 15.2. The molecule has 2 aliphatic heterocycles. The second-order valence-corrected chi connectivity index (χ2v) is 15.3. The number of nitrogens with one attached hydrogen (secondary N) is 2. The molecule has 3 fully saturated rings. The number of fused-ring (bicyclic) bond motifs is 2. The third kappa shape index (κ3) is 7.03. The number of piperazine rings is 1. The van der Waals surface area contributed by atoms with Crippen LogP contribution in [0.1, 0.15) is 91.5 Å². The highest BCUT2D eigenvalue weighted by molar-refractivity contribution is 6.05. The maximum Gasteiger partial charge on any atom is 0.274 e. The number of halogens is 2. The molecule has 8 rings (SSSR count). The highest BCUT2D eigenvalue weighted by atomic mass is 19.1. The van der Waals surface area contributed by atoms with Crippen LogP contribution >= 0.6 is 0 Å². The number of amides is 3. The summed E-state index contributed by atoms with van der Waals surface area (Å²) in [6.45, 7) is 6.06. The highest BCUT2D eigenvalue weighted by Crippen LogP contribution is 2.37. The highest BCUT2D eigenvalue weighted by Gasteiger charge is 2.34. The summed E-state index contributed by atoms with van der Waals surface area (Å²) in [6.07, 6.45) is 7.30. The van der Waals surface area contributed by atoms with Gasteiger partial charge in [-0.1, -0.05) is 0 Å². The van der Waals surface area contributed by atoms with Gasteiger partial charge in [-0.2, -0.15) is 15.5 Å². The Morgan fingerprint density at radius 3 is 2.36 bits per heavy atom. The van der Waals surface area contributed by atoms with Gasteiger partial charge < -0.3 is 15.3 Å². The minimum Gasteiger partial charge on any atom is -0.386 e. The van der Waals surface area contributed by atoms with Crippen molar-refractivity contribution in [3.8, 4) is 6.07 Å². The van der Waals surface area contributed by atoms with Crippen LogP contribution in [0.2, 0.25) is 0 Å². The van der Waals surface area contributed by atoms with Crippen molar-refractivity contribution in [1.29, 1.82) is 5.26 Å². The summed E-state index contributed by atoms with van der Waals surface area (Å²) in [6, 6.07) is 13.9. The number of nitrogens with zero attached hydrogens (tertiary/aromatic N) is 7. The predicted molar refractivity (Wildman–Crippen MR) is 199 cm³/mol. The van der Waals surface area contributed by atoms with Gasteiger partial charge in [-0.3, -0.25) is 29.3 Å². The summed E-state index contributed by atoms with van der Waals surface area (Å²) in [5, 5.41) is 35.4. The molecule has 0 spiro atoms. The van der Waals surface area contributed by atoms with Crippen LogP contribution in [0.5, 0.6) is 0 Å². The molecule has 55 heavy (non-hydrogen) atoms. The first-order chi connectivity index (χ1) is 26.4. The van der Waals surface area contributed by atoms with Gasteiger partial charge in [-0.15, -0.1) is 0 Å². The van der Waals surface area contributed by atoms with Crippen LogP contribution in [-0.4, -0.2) is 79.3 Å². The van der Waals surface area contributed by atoms with E-state index in [0.717, 1.165) is 44.2 Å². The monoisotopic (exact) mass is 749 g/mol. The average molecular weight is 750 g/mol. The second-order valence-electron chi connectivity index (χ2n) is 15.3. The van der Waals surface area contributed by atoms with Gasteiger partial charge in [0.05, 0.1) is 40.4 Å². The van der Waals surface area contributed by atoms with Gasteiger partial charge in [0.1, 0.15) is 23.4 Å². The number of imide groups is 1. The standard InChI is InChI=1S/C40H41F2N9O4/c1-40(2,55)30-19-33-24(16-34(30)45-39(54)35-9-7-27-15-23(20-43)21-44-51(27)35)22-50(47-33)26-5-3-25(4-6-26)48-11-13-49(14-12-48)28-17-31(41)37(32(42)18-28)29-8-10-36(52)46-38(29)53/h7,9,15-19,21-22,25-26,29,55H,3-6,8,10-14H2,1-2H3,(H,45,54)(H,46,52,53)/t25?,26?,29-/m1/s1. The fourth-order valence-corrected chi connectivity index (χ4v) is 8.39. The first-order valence-electron chi connectivity index (χ1n) is 18.6. The Hall–Kier alpha value is -5.72. The first-order valence-corrected chi connectivity index (χ1v) is 18.6. The Balaban J connectivity index is 0.907. The normalized spacial score (nSPS) is 21.2. The molecule has 1 aliphatic carbocycles. The van der Waals surface area contributed by atoms with Gasteiger partial charge in [-0.05, 0) is 88.4 Å². The number of anilines is 2. The zero-order valence-electron chi connectivity index (χ0n) is 30.6. The molecule has 3 amide bonds. The number of aromatic nitrogens is 4. The second kappa shape index (κ2) is 14.2. The van der Waals surface area contributed by atoms with Gasteiger partial charge >= 0.3 is 0 Å². The molecule has 1 atom stereocenters. The number of piperidine rings is 1. The molecule has 3 aliphatic rings. The van der Waals surface area contributed by atoms with Crippen molar-refractivity contribution in [2.24, 2.45) is 0 Å². The number of rotatable bonds is 7. The van der Waals surface area contributed by atoms with Crippen LogP contribution in [0.3, 0.4) is 0 Å². The minimum absolute atomic E-state index is 0.0470. The third-order valence-corrected chi connectivity index (χ3v) is 11.3. The van der Waals surface area contributed by atoms with Crippen LogP contribution in [0.15, 0.2) is 54.9 Å². The molecule has 0 bridgehead atoms. The summed E-state index contributed by atoms with van der Waals surface area (Å²) >= 11 is 0. The van der Waals surface area contributed by atoms with Gasteiger partial charge in [0.15, 0.2) is 0 Å². The molecule has 3 N–H and O–H groups in total. The molecule has 15 heteroatoms. The van der Waals surface area contributed by atoms with Crippen molar-refractivity contribution >= 4 is 45.5 Å². The smallest absolute Gasteiger partial charge is 0.274 e. The van der Waals surface area contributed by atoms with Gasteiger partial charge in [0.2, 0.25) is 11.8 Å². The number of nitriles is 1. The number of carbonyl (C=O) groups excluding carboxylic acids is 3. The van der Waals surface area contributed by atoms with Crippen molar-refractivity contribution < 1.29 is 28.3 Å². The molecule has 3 aromatic heterocycles. The van der Waals surface area contributed by atoms with E-state index < -0.39 is 40.9 Å². The topological polar surface area (TPSA) is 161 Å².